The lowest BCUT2D eigenvalue weighted by Gasteiger charge is -2.28. The Bertz CT molecular complexity index is 563. The van der Waals surface area contributed by atoms with E-state index in [1.807, 2.05) is 12.1 Å². The number of nitrogens with zero attached hydrogens (tertiary/aromatic N) is 3. The summed E-state index contributed by atoms with van der Waals surface area (Å²) in [7, 11) is 0. The summed E-state index contributed by atoms with van der Waals surface area (Å²) in [5.74, 6) is 0.0487. The fourth-order valence-electron chi connectivity index (χ4n) is 3.37. The molecule has 2 amide bonds. The van der Waals surface area contributed by atoms with Gasteiger partial charge in [0.2, 0.25) is 11.8 Å². The maximum Gasteiger partial charge on any atom is 0.242 e. The number of hydrogen-bond acceptors (Lipinski definition) is 4. The predicted octanol–water partition coefficient (Wildman–Crippen LogP) is 0.456. The number of aliphatic hydroxyl groups is 1. The molecule has 0 saturated carbocycles. The van der Waals surface area contributed by atoms with Crippen molar-refractivity contribution in [3.8, 4) is 0 Å². The zero-order chi connectivity index (χ0) is 16.2. The molecule has 0 unspecified atom stereocenters. The lowest BCUT2D eigenvalue weighted by Crippen LogP contribution is -2.44. The van der Waals surface area contributed by atoms with Gasteiger partial charge in [-0.2, -0.15) is 0 Å². The molecule has 1 aromatic heterocycles. The lowest BCUT2D eigenvalue weighted by atomic mass is 9.97. The predicted molar refractivity (Wildman–Crippen MR) is 84.4 cm³/mol. The Morgan fingerprint density at radius 2 is 2.04 bits per heavy atom. The van der Waals surface area contributed by atoms with Crippen LogP contribution in [0.5, 0.6) is 0 Å². The smallest absolute Gasteiger partial charge is 0.242 e. The maximum atomic E-state index is 12.4. The van der Waals surface area contributed by atoms with Gasteiger partial charge in [0.1, 0.15) is 0 Å². The molecule has 1 aromatic rings. The van der Waals surface area contributed by atoms with Gasteiger partial charge < -0.3 is 14.9 Å². The summed E-state index contributed by atoms with van der Waals surface area (Å²) in [5, 5.41) is 10.2. The fourth-order valence-corrected chi connectivity index (χ4v) is 3.37. The fraction of sp³-hybridized carbons (Fsp3) is 0.588. The molecule has 0 bridgehead atoms. The van der Waals surface area contributed by atoms with Crippen LogP contribution in [0.25, 0.3) is 0 Å². The topological polar surface area (TPSA) is 73.7 Å². The van der Waals surface area contributed by atoms with Gasteiger partial charge in [0.15, 0.2) is 0 Å². The molecule has 2 fully saturated rings. The van der Waals surface area contributed by atoms with Gasteiger partial charge in [-0.25, -0.2) is 0 Å². The molecule has 2 aliphatic heterocycles. The summed E-state index contributed by atoms with van der Waals surface area (Å²) < 4.78 is 0. The van der Waals surface area contributed by atoms with E-state index >= 15 is 0 Å². The Labute approximate surface area is 136 Å². The van der Waals surface area contributed by atoms with Crippen LogP contribution in [0.2, 0.25) is 0 Å². The van der Waals surface area contributed by atoms with Crippen molar-refractivity contribution >= 4 is 11.8 Å². The summed E-state index contributed by atoms with van der Waals surface area (Å²) in [6.07, 6.45) is 6.12. The van der Waals surface area contributed by atoms with Crippen LogP contribution < -0.4 is 0 Å². The van der Waals surface area contributed by atoms with Crippen LogP contribution in [0.3, 0.4) is 0 Å². The highest BCUT2D eigenvalue weighted by molar-refractivity contribution is 5.85. The van der Waals surface area contributed by atoms with E-state index in [-0.39, 0.29) is 24.3 Å². The zero-order valence-electron chi connectivity index (χ0n) is 13.2. The summed E-state index contributed by atoms with van der Waals surface area (Å²) in [6, 6.07) is 3.87. The average molecular weight is 317 g/mol. The summed E-state index contributed by atoms with van der Waals surface area (Å²) >= 11 is 0. The molecule has 2 saturated heterocycles. The molecule has 23 heavy (non-hydrogen) atoms. The van der Waals surface area contributed by atoms with Crippen molar-refractivity contribution in [1.82, 2.24) is 14.8 Å². The molecule has 2 aliphatic rings. The number of piperidine rings is 1. The molecule has 2 atom stereocenters. The van der Waals surface area contributed by atoms with Gasteiger partial charge in [-0.3, -0.25) is 14.6 Å². The van der Waals surface area contributed by atoms with Crippen LogP contribution in [-0.2, 0) is 16.0 Å². The van der Waals surface area contributed by atoms with Crippen LogP contribution >= 0.6 is 0 Å². The van der Waals surface area contributed by atoms with Crippen LogP contribution in [0.15, 0.2) is 24.5 Å². The summed E-state index contributed by atoms with van der Waals surface area (Å²) in [6.45, 7) is 1.72. The highest BCUT2D eigenvalue weighted by Gasteiger charge is 2.35. The maximum absolute atomic E-state index is 12.4. The zero-order valence-corrected chi connectivity index (χ0v) is 13.2. The number of pyridine rings is 1. The van der Waals surface area contributed by atoms with Gasteiger partial charge in [-0.05, 0) is 37.0 Å². The minimum absolute atomic E-state index is 0.0402. The van der Waals surface area contributed by atoms with Gasteiger partial charge in [0.25, 0.3) is 0 Å². The number of hydrogen-bond donors (Lipinski definition) is 1. The van der Waals surface area contributed by atoms with Crippen LogP contribution in [0.1, 0.15) is 24.8 Å². The number of likely N-dealkylation sites (tertiary alicyclic amines) is 2. The third kappa shape index (κ3) is 3.88. The van der Waals surface area contributed by atoms with E-state index in [1.165, 1.54) is 0 Å². The van der Waals surface area contributed by atoms with Crippen LogP contribution in [0.4, 0.5) is 0 Å². The molecule has 6 nitrogen and oxygen atoms in total. The second kappa shape index (κ2) is 7.08. The molecular formula is C17H23N3O3. The SMILES string of the molecule is O=C1CCCCN1CC(=O)N1C[C@@H](Cc2ccncc2)[C@@H](O)C1. The average Bonchev–Trinajstić information content (AvgIpc) is 2.92. The third-order valence-corrected chi connectivity index (χ3v) is 4.75. The van der Waals surface area contributed by atoms with E-state index in [0.29, 0.717) is 26.1 Å². The molecule has 0 aliphatic carbocycles. The van der Waals surface area contributed by atoms with Crippen molar-refractivity contribution < 1.29 is 14.7 Å². The molecule has 124 valence electrons. The van der Waals surface area contributed by atoms with E-state index < -0.39 is 6.10 Å². The Morgan fingerprint density at radius 3 is 2.78 bits per heavy atom. The van der Waals surface area contributed by atoms with Crippen molar-refractivity contribution in [2.24, 2.45) is 5.92 Å². The molecule has 3 heterocycles. The quantitative estimate of drug-likeness (QED) is 0.875. The van der Waals surface area contributed by atoms with Gasteiger partial charge in [-0.15, -0.1) is 0 Å². The number of rotatable bonds is 4. The van der Waals surface area contributed by atoms with Gasteiger partial charge >= 0.3 is 0 Å². The second-order valence-corrected chi connectivity index (χ2v) is 6.46. The molecule has 3 rings (SSSR count). The number of carbonyl (C=O) groups excluding carboxylic acids is 2. The van der Waals surface area contributed by atoms with E-state index in [0.717, 1.165) is 24.8 Å². The number of aliphatic hydroxyl groups excluding tert-OH is 1. The normalized spacial score (nSPS) is 25.0. The van der Waals surface area contributed by atoms with E-state index in [1.54, 1.807) is 22.2 Å². The standard InChI is InChI=1S/C17H23N3O3/c21-15-11-20(10-14(15)9-13-4-6-18-7-5-13)17(23)12-19-8-2-1-3-16(19)22/h4-7,14-15,21H,1-3,8-12H2/t14-,15+/m1/s1. The molecule has 0 spiro atoms. The van der Waals surface area contributed by atoms with Gasteiger partial charge in [0, 0.05) is 44.4 Å². The van der Waals surface area contributed by atoms with Gasteiger partial charge in [0.05, 0.1) is 12.6 Å². The van der Waals surface area contributed by atoms with Gasteiger partial charge in [-0.1, -0.05) is 0 Å². The van der Waals surface area contributed by atoms with Crippen LogP contribution in [0, 0.1) is 5.92 Å². The van der Waals surface area contributed by atoms with E-state index in [9.17, 15) is 14.7 Å². The first-order chi connectivity index (χ1) is 11.1. The number of β-amino-alcohol motifs (C(OH)–C–C–N with tert-alkyl or cyclic N) is 1. The first-order valence-corrected chi connectivity index (χ1v) is 8.26. The molecular weight excluding hydrogens is 294 g/mol. The lowest BCUT2D eigenvalue weighted by molar-refractivity contribution is -0.141. The highest BCUT2D eigenvalue weighted by Crippen LogP contribution is 2.22. The van der Waals surface area contributed by atoms with Crippen molar-refractivity contribution in [3.63, 3.8) is 0 Å². The first-order valence-electron chi connectivity index (χ1n) is 8.26. The van der Waals surface area contributed by atoms with E-state index in [2.05, 4.69) is 4.98 Å². The van der Waals surface area contributed by atoms with Crippen molar-refractivity contribution in [1.29, 1.82) is 0 Å². The van der Waals surface area contributed by atoms with Crippen molar-refractivity contribution in [2.45, 2.75) is 31.8 Å². The Morgan fingerprint density at radius 1 is 1.26 bits per heavy atom. The number of aromatic nitrogens is 1. The molecule has 0 aromatic carbocycles. The molecule has 0 radical (unpaired) electrons. The number of carbonyl (C=O) groups is 2. The molecule has 1 N–H and O–H groups in total. The summed E-state index contributed by atoms with van der Waals surface area (Å²) in [4.78, 5) is 31.6. The third-order valence-electron chi connectivity index (χ3n) is 4.75. The minimum atomic E-state index is -0.510. The monoisotopic (exact) mass is 317 g/mol. The highest BCUT2D eigenvalue weighted by atomic mass is 16.3. The largest absolute Gasteiger partial charge is 0.391 e. The minimum Gasteiger partial charge on any atom is -0.391 e. The Kier molecular flexibility index (Phi) is 4.91. The van der Waals surface area contributed by atoms with E-state index in [4.69, 9.17) is 0 Å². The molecule has 6 heteroatoms. The van der Waals surface area contributed by atoms with Crippen molar-refractivity contribution in [3.05, 3.63) is 30.1 Å². The van der Waals surface area contributed by atoms with Crippen molar-refractivity contribution in [2.75, 3.05) is 26.2 Å². The Balaban J connectivity index is 1.55. The van der Waals surface area contributed by atoms with Crippen LogP contribution in [-0.4, -0.2) is 64.0 Å². The second-order valence-electron chi connectivity index (χ2n) is 6.46. The summed E-state index contributed by atoms with van der Waals surface area (Å²) in [5.41, 5.74) is 1.12. The first kappa shape index (κ1) is 15.9. The number of amides is 2. The Hall–Kier alpha value is -1.95.